The van der Waals surface area contributed by atoms with Crippen LogP contribution in [-0.2, 0) is 0 Å². The van der Waals surface area contributed by atoms with Gasteiger partial charge in [-0.2, -0.15) is 0 Å². The Kier molecular flexibility index (Phi) is 6.39. The quantitative estimate of drug-likeness (QED) is 0.212. The van der Waals surface area contributed by atoms with Crippen LogP contribution in [0.25, 0.3) is 11.3 Å². The third-order valence-electron chi connectivity index (χ3n) is 3.66. The molecule has 0 fully saturated rings. The second kappa shape index (κ2) is 8.79. The van der Waals surface area contributed by atoms with Crippen LogP contribution in [0.15, 0.2) is 52.9 Å². The summed E-state index contributed by atoms with van der Waals surface area (Å²) in [6.45, 7) is 0. The van der Waals surface area contributed by atoms with Crippen LogP contribution in [0.5, 0.6) is 0 Å². The maximum atomic E-state index is 12.4. The molecule has 0 unspecified atom stereocenters. The first-order valence-electron chi connectivity index (χ1n) is 7.86. The second-order valence-corrected chi connectivity index (χ2v) is 7.26. The summed E-state index contributed by atoms with van der Waals surface area (Å²) in [5.41, 5.74) is 0.735. The van der Waals surface area contributed by atoms with Gasteiger partial charge in [0.2, 0.25) is 0 Å². The maximum absolute atomic E-state index is 12.4. The van der Waals surface area contributed by atoms with Gasteiger partial charge < -0.3 is 9.73 Å². The SMILES string of the molecule is O=C(NC(=S)Nc1cc(Cl)c(Cl)cc1Cl)c1ccc(-c2cccc([N+](=O)[O-])c2)o1. The zero-order valence-electron chi connectivity index (χ0n) is 14.2. The third kappa shape index (κ3) is 5.04. The number of carbonyl (C=O) groups excluding carboxylic acids is 1. The number of nitrogens with zero attached hydrogens (tertiary/aromatic N) is 1. The molecule has 2 N–H and O–H groups in total. The fourth-order valence-electron chi connectivity index (χ4n) is 2.32. The van der Waals surface area contributed by atoms with E-state index in [1.54, 1.807) is 6.07 Å². The largest absolute Gasteiger partial charge is 0.451 e. The molecule has 0 aliphatic rings. The molecule has 3 rings (SSSR count). The summed E-state index contributed by atoms with van der Waals surface area (Å²) >= 11 is 23.0. The molecule has 2 aromatic carbocycles. The minimum Gasteiger partial charge on any atom is -0.451 e. The molecular weight excluding hydrogens is 461 g/mol. The molecule has 1 amide bonds. The predicted octanol–water partition coefficient (Wildman–Crippen LogP) is 5.94. The molecule has 0 aliphatic carbocycles. The molecule has 0 bridgehead atoms. The number of anilines is 1. The van der Waals surface area contributed by atoms with Crippen molar-refractivity contribution in [3.63, 3.8) is 0 Å². The summed E-state index contributed by atoms with van der Waals surface area (Å²) in [4.78, 5) is 22.7. The molecule has 1 aromatic heterocycles. The molecule has 11 heteroatoms. The molecule has 0 saturated heterocycles. The lowest BCUT2D eigenvalue weighted by molar-refractivity contribution is -0.384. The topological polar surface area (TPSA) is 97.4 Å². The van der Waals surface area contributed by atoms with Crippen molar-refractivity contribution >= 4 is 69.4 Å². The lowest BCUT2D eigenvalue weighted by Gasteiger charge is -2.11. The number of carbonyl (C=O) groups is 1. The first-order chi connectivity index (χ1) is 13.7. The number of hydrogen-bond donors (Lipinski definition) is 2. The van der Waals surface area contributed by atoms with Gasteiger partial charge in [0.15, 0.2) is 10.9 Å². The summed E-state index contributed by atoms with van der Waals surface area (Å²) in [6, 6.07) is 11.7. The van der Waals surface area contributed by atoms with Gasteiger partial charge in [0.25, 0.3) is 11.6 Å². The Balaban J connectivity index is 1.70. The van der Waals surface area contributed by atoms with Gasteiger partial charge in [0.1, 0.15) is 5.76 Å². The monoisotopic (exact) mass is 469 g/mol. The Labute approximate surface area is 184 Å². The highest BCUT2D eigenvalue weighted by atomic mass is 35.5. The first-order valence-corrected chi connectivity index (χ1v) is 9.40. The van der Waals surface area contributed by atoms with Crippen LogP contribution in [0.4, 0.5) is 11.4 Å². The molecule has 29 heavy (non-hydrogen) atoms. The summed E-state index contributed by atoms with van der Waals surface area (Å²) < 4.78 is 5.49. The number of nitrogens with one attached hydrogen (secondary N) is 2. The fraction of sp³-hybridized carbons (Fsp3) is 0. The van der Waals surface area contributed by atoms with Gasteiger partial charge in [0.05, 0.1) is 25.7 Å². The number of halogens is 3. The van der Waals surface area contributed by atoms with E-state index in [2.05, 4.69) is 10.6 Å². The summed E-state index contributed by atoms with van der Waals surface area (Å²) in [7, 11) is 0. The van der Waals surface area contributed by atoms with E-state index in [0.717, 1.165) is 0 Å². The molecular formula is C18H10Cl3N3O4S. The van der Waals surface area contributed by atoms with Gasteiger partial charge >= 0.3 is 0 Å². The normalized spacial score (nSPS) is 10.4. The number of hydrogen-bond acceptors (Lipinski definition) is 5. The van der Waals surface area contributed by atoms with Crippen LogP contribution in [0.2, 0.25) is 15.1 Å². The van der Waals surface area contributed by atoms with Crippen LogP contribution in [0.3, 0.4) is 0 Å². The number of nitro benzene ring substituents is 1. The fourth-order valence-corrected chi connectivity index (χ4v) is 3.12. The van der Waals surface area contributed by atoms with Gasteiger partial charge in [-0.3, -0.25) is 20.2 Å². The van der Waals surface area contributed by atoms with E-state index in [1.807, 2.05) is 0 Å². The minimum absolute atomic E-state index is 0.0316. The number of thiocarbonyl (C=S) groups is 1. The lowest BCUT2D eigenvalue weighted by atomic mass is 10.1. The van der Waals surface area contributed by atoms with E-state index in [-0.39, 0.29) is 31.6 Å². The number of non-ortho nitro benzene ring substituents is 1. The van der Waals surface area contributed by atoms with Crippen molar-refractivity contribution in [3.8, 4) is 11.3 Å². The van der Waals surface area contributed by atoms with Crippen molar-refractivity contribution in [1.29, 1.82) is 0 Å². The Morgan fingerprint density at radius 1 is 1.03 bits per heavy atom. The first kappa shape index (κ1) is 21.1. The molecule has 0 aliphatic heterocycles. The zero-order chi connectivity index (χ0) is 21.1. The maximum Gasteiger partial charge on any atom is 0.293 e. The molecule has 0 saturated carbocycles. The Morgan fingerprint density at radius 2 is 1.76 bits per heavy atom. The Hall–Kier alpha value is -2.65. The van der Waals surface area contributed by atoms with E-state index in [1.165, 1.54) is 42.5 Å². The van der Waals surface area contributed by atoms with Gasteiger partial charge in [-0.25, -0.2) is 0 Å². The standard InChI is InChI=1S/C18H10Cl3N3O4S/c19-11-7-13(21)14(8-12(11)20)22-18(29)23-17(25)16-5-4-15(28-16)9-2-1-3-10(6-9)24(26)27/h1-8H,(H2,22,23,25,29). The molecule has 0 spiro atoms. The number of benzene rings is 2. The van der Waals surface area contributed by atoms with Crippen LogP contribution in [-0.4, -0.2) is 15.9 Å². The summed E-state index contributed by atoms with van der Waals surface area (Å²) in [6.07, 6.45) is 0. The number of furan rings is 1. The Morgan fingerprint density at radius 3 is 2.48 bits per heavy atom. The van der Waals surface area contributed by atoms with E-state index < -0.39 is 10.8 Å². The van der Waals surface area contributed by atoms with Crippen molar-refractivity contribution in [2.75, 3.05) is 5.32 Å². The number of rotatable bonds is 4. The molecule has 7 nitrogen and oxygen atoms in total. The van der Waals surface area contributed by atoms with Crippen LogP contribution < -0.4 is 10.6 Å². The molecule has 1 heterocycles. The molecule has 0 radical (unpaired) electrons. The van der Waals surface area contributed by atoms with Crippen LogP contribution in [0.1, 0.15) is 10.6 Å². The summed E-state index contributed by atoms with van der Waals surface area (Å²) in [5.74, 6) is -0.350. The van der Waals surface area contributed by atoms with E-state index in [0.29, 0.717) is 17.0 Å². The van der Waals surface area contributed by atoms with Crippen molar-refractivity contribution < 1.29 is 14.1 Å². The molecule has 148 valence electrons. The summed E-state index contributed by atoms with van der Waals surface area (Å²) in [5, 5.41) is 16.9. The minimum atomic E-state index is -0.615. The average Bonchev–Trinajstić information content (AvgIpc) is 3.16. The highest BCUT2D eigenvalue weighted by Crippen LogP contribution is 2.32. The highest BCUT2D eigenvalue weighted by molar-refractivity contribution is 7.80. The molecule has 0 atom stereocenters. The van der Waals surface area contributed by atoms with E-state index in [4.69, 9.17) is 51.4 Å². The van der Waals surface area contributed by atoms with Gasteiger partial charge in [0, 0.05) is 17.7 Å². The van der Waals surface area contributed by atoms with Crippen molar-refractivity contribution in [2.45, 2.75) is 0 Å². The third-order valence-corrected chi connectivity index (χ3v) is 4.90. The van der Waals surface area contributed by atoms with Crippen LogP contribution in [0, 0.1) is 10.1 Å². The van der Waals surface area contributed by atoms with Gasteiger partial charge in [-0.15, -0.1) is 0 Å². The van der Waals surface area contributed by atoms with Gasteiger partial charge in [-0.1, -0.05) is 46.9 Å². The van der Waals surface area contributed by atoms with Crippen molar-refractivity contribution in [2.24, 2.45) is 0 Å². The zero-order valence-corrected chi connectivity index (χ0v) is 17.3. The highest BCUT2D eigenvalue weighted by Gasteiger charge is 2.16. The second-order valence-electron chi connectivity index (χ2n) is 5.63. The predicted molar refractivity (Wildman–Crippen MR) is 116 cm³/mol. The van der Waals surface area contributed by atoms with Crippen molar-refractivity contribution in [1.82, 2.24) is 5.32 Å². The Bertz CT molecular complexity index is 1130. The molecule has 3 aromatic rings. The number of amides is 1. The van der Waals surface area contributed by atoms with Crippen molar-refractivity contribution in [3.05, 3.63) is 79.5 Å². The van der Waals surface area contributed by atoms with E-state index in [9.17, 15) is 14.9 Å². The number of nitro groups is 1. The lowest BCUT2D eigenvalue weighted by Crippen LogP contribution is -2.33. The van der Waals surface area contributed by atoms with E-state index >= 15 is 0 Å². The van der Waals surface area contributed by atoms with Gasteiger partial charge in [-0.05, 0) is 36.5 Å². The average molecular weight is 471 g/mol. The smallest absolute Gasteiger partial charge is 0.293 e. The van der Waals surface area contributed by atoms with Crippen LogP contribution >= 0.6 is 47.0 Å².